The number of hydrogen-bond acceptors (Lipinski definition) is 0. The lowest BCUT2D eigenvalue weighted by atomic mass is 10.0. The van der Waals surface area contributed by atoms with Gasteiger partial charge in [0.15, 0.2) is 0 Å². The van der Waals surface area contributed by atoms with Gasteiger partial charge in [-0.25, -0.2) is 0 Å². The first-order valence-corrected chi connectivity index (χ1v) is 17.6. The van der Waals surface area contributed by atoms with Crippen LogP contribution in [-0.2, 0) is 0 Å². The monoisotopic (exact) mass is 647 g/mol. The van der Waals surface area contributed by atoms with E-state index >= 15 is 0 Å². The SMILES string of the molecule is c1ccc(-n2c3ccccc3c3cc(-c4ccc5c6ccccc6n(-c6ccc7c8cccc9c%10ccccc%10n(c7c6)c98)c5c4)ccc32)cc1. The quantitative estimate of drug-likeness (QED) is 0.181. The Morgan fingerprint density at radius 3 is 1.53 bits per heavy atom. The van der Waals surface area contributed by atoms with Gasteiger partial charge in [-0.05, 0) is 71.8 Å². The highest BCUT2D eigenvalue weighted by molar-refractivity contribution is 6.23. The van der Waals surface area contributed by atoms with E-state index in [2.05, 4.69) is 189 Å². The number of rotatable bonds is 3. The summed E-state index contributed by atoms with van der Waals surface area (Å²) in [5.41, 5.74) is 13.4. The molecule has 0 fully saturated rings. The second kappa shape index (κ2) is 9.87. The lowest BCUT2D eigenvalue weighted by molar-refractivity contribution is 1.18. The zero-order valence-corrected chi connectivity index (χ0v) is 27.6. The van der Waals surface area contributed by atoms with Gasteiger partial charge < -0.3 is 13.5 Å². The van der Waals surface area contributed by atoms with Crippen molar-refractivity contribution in [1.82, 2.24) is 13.5 Å². The van der Waals surface area contributed by atoms with E-state index in [0.717, 1.165) is 5.69 Å². The minimum absolute atomic E-state index is 1.16. The highest BCUT2D eigenvalue weighted by atomic mass is 15.0. The van der Waals surface area contributed by atoms with Gasteiger partial charge in [0.1, 0.15) is 0 Å². The van der Waals surface area contributed by atoms with E-state index in [1.807, 2.05) is 0 Å². The first-order valence-electron chi connectivity index (χ1n) is 17.6. The van der Waals surface area contributed by atoms with Crippen molar-refractivity contribution in [2.24, 2.45) is 0 Å². The van der Waals surface area contributed by atoms with Crippen LogP contribution in [0.25, 0.3) is 104 Å². The molecule has 0 aliphatic carbocycles. The molecule has 0 saturated carbocycles. The van der Waals surface area contributed by atoms with Gasteiger partial charge in [-0.1, -0.05) is 115 Å². The second-order valence-electron chi connectivity index (χ2n) is 13.8. The van der Waals surface area contributed by atoms with Crippen molar-refractivity contribution in [2.45, 2.75) is 0 Å². The molecule has 51 heavy (non-hydrogen) atoms. The Morgan fingerprint density at radius 2 is 0.765 bits per heavy atom. The maximum Gasteiger partial charge on any atom is 0.0620 e. The first-order chi connectivity index (χ1) is 25.3. The Hall–Kier alpha value is -6.84. The van der Waals surface area contributed by atoms with Crippen molar-refractivity contribution in [2.75, 3.05) is 0 Å². The summed E-state index contributed by atoms with van der Waals surface area (Å²) in [7, 11) is 0. The van der Waals surface area contributed by atoms with E-state index in [-0.39, 0.29) is 0 Å². The topological polar surface area (TPSA) is 14.3 Å². The molecule has 0 amide bonds. The third kappa shape index (κ3) is 3.57. The van der Waals surface area contributed by atoms with Gasteiger partial charge in [-0.2, -0.15) is 0 Å². The highest BCUT2D eigenvalue weighted by Gasteiger charge is 2.20. The van der Waals surface area contributed by atoms with Crippen molar-refractivity contribution >= 4 is 81.7 Å². The molecule has 0 atom stereocenters. The Balaban J connectivity index is 1.10. The van der Waals surface area contributed by atoms with Crippen LogP contribution in [0.2, 0.25) is 0 Å². The van der Waals surface area contributed by atoms with Gasteiger partial charge in [-0.15, -0.1) is 0 Å². The summed E-state index contributed by atoms with van der Waals surface area (Å²) in [5.74, 6) is 0. The van der Waals surface area contributed by atoms with Crippen LogP contribution in [0, 0.1) is 0 Å². The smallest absolute Gasteiger partial charge is 0.0620 e. The van der Waals surface area contributed by atoms with Gasteiger partial charge >= 0.3 is 0 Å². The molecule has 0 aliphatic heterocycles. The van der Waals surface area contributed by atoms with Gasteiger partial charge in [0, 0.05) is 54.5 Å². The molecule has 12 rings (SSSR count). The lowest BCUT2D eigenvalue weighted by Gasteiger charge is -2.11. The highest BCUT2D eigenvalue weighted by Crippen LogP contribution is 2.42. The van der Waals surface area contributed by atoms with Crippen molar-refractivity contribution in [1.29, 1.82) is 0 Å². The van der Waals surface area contributed by atoms with Gasteiger partial charge in [-0.3, -0.25) is 0 Å². The molecule has 12 aromatic rings. The van der Waals surface area contributed by atoms with Crippen molar-refractivity contribution in [3.8, 4) is 22.5 Å². The van der Waals surface area contributed by atoms with Crippen molar-refractivity contribution in [3.63, 3.8) is 0 Å². The molecule has 0 unspecified atom stereocenters. The van der Waals surface area contributed by atoms with Crippen LogP contribution in [0.15, 0.2) is 176 Å². The van der Waals surface area contributed by atoms with E-state index in [1.54, 1.807) is 0 Å². The number of para-hydroxylation sites is 5. The van der Waals surface area contributed by atoms with Crippen LogP contribution in [0.5, 0.6) is 0 Å². The molecule has 4 aromatic heterocycles. The summed E-state index contributed by atoms with van der Waals surface area (Å²) in [5, 5.41) is 10.2. The molecule has 0 N–H and O–H groups in total. The fraction of sp³-hybridized carbons (Fsp3) is 0. The predicted molar refractivity (Wildman–Crippen MR) is 215 cm³/mol. The Labute approximate surface area is 292 Å². The van der Waals surface area contributed by atoms with Crippen LogP contribution in [0.3, 0.4) is 0 Å². The molecule has 8 aromatic carbocycles. The zero-order chi connectivity index (χ0) is 33.2. The molecule has 0 spiro atoms. The third-order valence-electron chi connectivity index (χ3n) is 11.2. The average Bonchev–Trinajstić information content (AvgIpc) is 3.92. The Morgan fingerprint density at radius 1 is 0.255 bits per heavy atom. The van der Waals surface area contributed by atoms with E-state index < -0.39 is 0 Å². The third-order valence-corrected chi connectivity index (χ3v) is 11.2. The van der Waals surface area contributed by atoms with E-state index in [0.29, 0.717) is 0 Å². The maximum atomic E-state index is 2.47. The molecule has 0 saturated heterocycles. The molecule has 3 heteroatoms. The fourth-order valence-corrected chi connectivity index (χ4v) is 8.99. The first kappa shape index (κ1) is 27.0. The number of nitrogens with zero attached hydrogens (tertiary/aromatic N) is 3. The van der Waals surface area contributed by atoms with E-state index in [4.69, 9.17) is 0 Å². The number of fused-ring (bicyclic) bond motifs is 12. The van der Waals surface area contributed by atoms with Gasteiger partial charge in [0.2, 0.25) is 0 Å². The summed E-state index contributed by atoms with van der Waals surface area (Å²) in [6, 6.07) is 64.7. The minimum atomic E-state index is 1.16. The molecular formula is C48H29N3. The summed E-state index contributed by atoms with van der Waals surface area (Å²) in [6.07, 6.45) is 0. The summed E-state index contributed by atoms with van der Waals surface area (Å²) in [4.78, 5) is 0. The molecule has 0 bridgehead atoms. The second-order valence-corrected chi connectivity index (χ2v) is 13.8. The van der Waals surface area contributed by atoms with Crippen molar-refractivity contribution < 1.29 is 0 Å². The summed E-state index contributed by atoms with van der Waals surface area (Å²) >= 11 is 0. The standard InChI is InChI=1S/C48H29N3/c1-2-11-32(12-3-1)49-43-19-8-6-15-36(43)41-27-30(22-26-45(41)49)31-21-24-37-34-13-4-7-18-42(34)50(46(37)28-31)33-23-25-38-40-17-10-16-39-35-14-5-9-20-44(35)51(48(39)40)47(38)29-33/h1-29H. The fourth-order valence-electron chi connectivity index (χ4n) is 8.99. The molecular weight excluding hydrogens is 619 g/mol. The van der Waals surface area contributed by atoms with Crippen LogP contribution in [-0.4, -0.2) is 13.5 Å². The van der Waals surface area contributed by atoms with Gasteiger partial charge in [0.25, 0.3) is 0 Å². The maximum absolute atomic E-state index is 2.47. The minimum Gasteiger partial charge on any atom is -0.309 e. The van der Waals surface area contributed by atoms with Gasteiger partial charge in [0.05, 0.1) is 38.6 Å². The predicted octanol–water partition coefficient (Wildman–Crippen LogP) is 12.7. The largest absolute Gasteiger partial charge is 0.309 e. The summed E-state index contributed by atoms with van der Waals surface area (Å²) < 4.78 is 7.31. The van der Waals surface area contributed by atoms with Crippen LogP contribution in [0.1, 0.15) is 0 Å². The van der Waals surface area contributed by atoms with Crippen LogP contribution < -0.4 is 0 Å². The molecule has 0 aliphatic rings. The molecule has 4 heterocycles. The van der Waals surface area contributed by atoms with E-state index in [9.17, 15) is 0 Å². The van der Waals surface area contributed by atoms with Crippen LogP contribution in [0.4, 0.5) is 0 Å². The van der Waals surface area contributed by atoms with Crippen LogP contribution >= 0.6 is 0 Å². The number of aromatic nitrogens is 3. The zero-order valence-electron chi connectivity index (χ0n) is 27.6. The molecule has 236 valence electrons. The van der Waals surface area contributed by atoms with E-state index in [1.165, 1.54) is 98.5 Å². The Bertz CT molecular complexity index is 3360. The average molecular weight is 648 g/mol. The molecule has 3 nitrogen and oxygen atoms in total. The number of hydrogen-bond donors (Lipinski definition) is 0. The van der Waals surface area contributed by atoms with Crippen molar-refractivity contribution in [3.05, 3.63) is 176 Å². The number of benzene rings is 8. The molecule has 0 radical (unpaired) electrons. The normalized spacial score (nSPS) is 12.3. The Kier molecular flexibility index (Phi) is 5.23. The summed E-state index contributed by atoms with van der Waals surface area (Å²) in [6.45, 7) is 0. The lowest BCUT2D eigenvalue weighted by Crippen LogP contribution is -1.94.